The smallest absolute Gasteiger partial charge is 0.153 e. The SMILES string of the molecule is C[Si](c1ccccc1)(c1cccs1)c1cccs1. The highest BCUT2D eigenvalue weighted by molar-refractivity contribution is 7.39. The van der Waals surface area contributed by atoms with E-state index in [-0.39, 0.29) is 0 Å². The summed E-state index contributed by atoms with van der Waals surface area (Å²) in [7, 11) is -1.74. The van der Waals surface area contributed by atoms with Crippen LogP contribution < -0.4 is 14.2 Å². The van der Waals surface area contributed by atoms with Crippen molar-refractivity contribution in [2.75, 3.05) is 0 Å². The van der Waals surface area contributed by atoms with Crippen LogP contribution in [0.1, 0.15) is 0 Å². The number of rotatable bonds is 3. The molecule has 0 nitrogen and oxygen atoms in total. The summed E-state index contributed by atoms with van der Waals surface area (Å²) in [5, 5.41) is 5.88. The van der Waals surface area contributed by atoms with E-state index >= 15 is 0 Å². The molecule has 0 saturated heterocycles. The summed E-state index contributed by atoms with van der Waals surface area (Å²) < 4.78 is 3.08. The van der Waals surface area contributed by atoms with Gasteiger partial charge in [-0.05, 0) is 15.9 Å². The van der Waals surface area contributed by atoms with Gasteiger partial charge in [0.15, 0.2) is 8.07 Å². The molecule has 0 radical (unpaired) electrons. The average Bonchev–Trinajstić information content (AvgIpc) is 3.12. The van der Waals surface area contributed by atoms with Crippen LogP contribution in [-0.2, 0) is 0 Å². The first-order chi connectivity index (χ1) is 8.82. The van der Waals surface area contributed by atoms with Crippen LogP contribution in [0.25, 0.3) is 0 Å². The van der Waals surface area contributed by atoms with E-state index in [0.717, 1.165) is 0 Å². The van der Waals surface area contributed by atoms with Gasteiger partial charge in [0, 0.05) is 9.00 Å². The van der Waals surface area contributed by atoms with E-state index in [0.29, 0.717) is 0 Å². The van der Waals surface area contributed by atoms with E-state index in [1.807, 2.05) is 22.7 Å². The first-order valence-electron chi connectivity index (χ1n) is 5.95. The Hall–Kier alpha value is -1.16. The minimum Gasteiger partial charge on any atom is -0.153 e. The van der Waals surface area contributed by atoms with Crippen molar-refractivity contribution in [2.45, 2.75) is 6.55 Å². The lowest BCUT2D eigenvalue weighted by Crippen LogP contribution is -2.62. The molecule has 0 fully saturated rings. The largest absolute Gasteiger partial charge is 0.169 e. The second-order valence-electron chi connectivity index (χ2n) is 4.45. The Balaban J connectivity index is 2.22. The summed E-state index contributed by atoms with van der Waals surface area (Å²) in [4.78, 5) is 0. The minimum absolute atomic E-state index is 1.50. The molecule has 0 atom stereocenters. The van der Waals surface area contributed by atoms with Gasteiger partial charge in [-0.3, -0.25) is 0 Å². The first kappa shape index (κ1) is 11.9. The molecule has 3 rings (SSSR count). The second-order valence-corrected chi connectivity index (χ2v) is 11.0. The molecule has 0 aliphatic heterocycles. The molecule has 18 heavy (non-hydrogen) atoms. The maximum absolute atomic E-state index is 2.46. The number of benzene rings is 1. The van der Waals surface area contributed by atoms with Crippen LogP contribution in [0.15, 0.2) is 65.4 Å². The molecule has 0 aliphatic rings. The Morgan fingerprint density at radius 2 is 1.28 bits per heavy atom. The van der Waals surface area contributed by atoms with Gasteiger partial charge in [-0.15, -0.1) is 0 Å². The maximum Gasteiger partial charge on any atom is 0.169 e. The van der Waals surface area contributed by atoms with E-state index in [2.05, 4.69) is 71.9 Å². The highest BCUT2D eigenvalue weighted by Crippen LogP contribution is 2.12. The van der Waals surface area contributed by atoms with Crippen molar-refractivity contribution >= 4 is 44.9 Å². The van der Waals surface area contributed by atoms with E-state index in [9.17, 15) is 0 Å². The van der Waals surface area contributed by atoms with Crippen molar-refractivity contribution in [2.24, 2.45) is 0 Å². The van der Waals surface area contributed by atoms with Crippen LogP contribution in [-0.4, -0.2) is 8.07 Å². The van der Waals surface area contributed by atoms with Gasteiger partial charge in [-0.2, -0.15) is 22.7 Å². The van der Waals surface area contributed by atoms with Crippen LogP contribution in [0, 0.1) is 0 Å². The number of hydrogen-bond acceptors (Lipinski definition) is 2. The van der Waals surface area contributed by atoms with Gasteiger partial charge in [0.1, 0.15) is 0 Å². The molecule has 0 aliphatic carbocycles. The quantitative estimate of drug-likeness (QED) is 0.650. The van der Waals surface area contributed by atoms with Crippen molar-refractivity contribution in [3.63, 3.8) is 0 Å². The molecule has 0 saturated carbocycles. The van der Waals surface area contributed by atoms with Gasteiger partial charge in [0.2, 0.25) is 0 Å². The normalized spacial score (nSPS) is 11.6. The van der Waals surface area contributed by atoms with Crippen molar-refractivity contribution in [3.8, 4) is 0 Å². The van der Waals surface area contributed by atoms with E-state index in [1.165, 1.54) is 14.2 Å². The fourth-order valence-electron chi connectivity index (χ4n) is 2.30. The molecule has 3 aromatic rings. The zero-order valence-corrected chi connectivity index (χ0v) is 12.8. The zero-order valence-electron chi connectivity index (χ0n) is 10.2. The lowest BCUT2D eigenvalue weighted by atomic mass is 10.4. The van der Waals surface area contributed by atoms with E-state index in [4.69, 9.17) is 0 Å². The highest BCUT2D eigenvalue weighted by Gasteiger charge is 2.35. The van der Waals surface area contributed by atoms with Crippen LogP contribution in [0.2, 0.25) is 6.55 Å². The van der Waals surface area contributed by atoms with Gasteiger partial charge in [-0.25, -0.2) is 0 Å². The van der Waals surface area contributed by atoms with E-state index < -0.39 is 8.07 Å². The molecule has 0 amide bonds. The highest BCUT2D eigenvalue weighted by atomic mass is 32.1. The maximum atomic E-state index is 2.46. The number of hydrogen-bond donors (Lipinski definition) is 0. The van der Waals surface area contributed by atoms with Gasteiger partial charge < -0.3 is 0 Å². The Labute approximate surface area is 117 Å². The summed E-state index contributed by atoms with van der Waals surface area (Å²) in [6.07, 6.45) is 0. The molecule has 1 aromatic carbocycles. The summed E-state index contributed by atoms with van der Waals surface area (Å²) in [5.41, 5.74) is 0. The Morgan fingerprint density at radius 1 is 0.722 bits per heavy atom. The Kier molecular flexibility index (Phi) is 3.20. The molecule has 3 heteroatoms. The van der Waals surface area contributed by atoms with E-state index in [1.54, 1.807) is 0 Å². The molecule has 90 valence electrons. The average molecular weight is 286 g/mol. The van der Waals surface area contributed by atoms with Crippen LogP contribution in [0.3, 0.4) is 0 Å². The fraction of sp³-hybridized carbons (Fsp3) is 0.0667. The molecular formula is C15H14S2Si. The first-order valence-corrected chi connectivity index (χ1v) is 10.2. The third-order valence-corrected chi connectivity index (χ3v) is 11.7. The topological polar surface area (TPSA) is 0 Å². The third kappa shape index (κ3) is 1.88. The molecule has 2 aromatic heterocycles. The third-order valence-electron chi connectivity index (χ3n) is 3.38. The summed E-state index contributed by atoms with van der Waals surface area (Å²) >= 11 is 3.78. The van der Waals surface area contributed by atoms with Crippen molar-refractivity contribution in [1.82, 2.24) is 0 Å². The molecule has 2 heterocycles. The molecular weight excluding hydrogens is 272 g/mol. The van der Waals surface area contributed by atoms with Gasteiger partial charge in [-0.1, -0.05) is 61.1 Å². The van der Waals surface area contributed by atoms with Crippen molar-refractivity contribution in [1.29, 1.82) is 0 Å². The summed E-state index contributed by atoms with van der Waals surface area (Å²) in [6.45, 7) is 2.46. The van der Waals surface area contributed by atoms with Crippen molar-refractivity contribution in [3.05, 3.63) is 65.4 Å². The van der Waals surface area contributed by atoms with Gasteiger partial charge in [0.25, 0.3) is 0 Å². The fourth-order valence-corrected chi connectivity index (χ4v) is 9.61. The monoisotopic (exact) mass is 286 g/mol. The minimum atomic E-state index is -1.74. The lowest BCUT2D eigenvalue weighted by Gasteiger charge is -2.25. The predicted octanol–water partition coefficient (Wildman–Crippen LogP) is 2.91. The standard InChI is InChI=1S/C15H14S2Si/c1-18(14-9-5-11-16-14,15-10-6-12-17-15)13-7-3-2-4-8-13/h2-12H,1H3. The zero-order chi connectivity index (χ0) is 12.4. The number of thiophene rings is 2. The van der Waals surface area contributed by atoms with Crippen molar-refractivity contribution < 1.29 is 0 Å². The van der Waals surface area contributed by atoms with Gasteiger partial charge in [0.05, 0.1) is 0 Å². The molecule has 0 bridgehead atoms. The second kappa shape index (κ2) is 4.84. The summed E-state index contributed by atoms with van der Waals surface area (Å²) in [6, 6.07) is 19.9. The van der Waals surface area contributed by atoms with Crippen LogP contribution >= 0.6 is 22.7 Å². The summed E-state index contributed by atoms with van der Waals surface area (Å²) in [5.74, 6) is 0. The molecule has 0 unspecified atom stereocenters. The Bertz CT molecular complexity index is 563. The predicted molar refractivity (Wildman–Crippen MR) is 85.6 cm³/mol. The molecule has 0 N–H and O–H groups in total. The van der Waals surface area contributed by atoms with Crippen LogP contribution in [0.4, 0.5) is 0 Å². The lowest BCUT2D eigenvalue weighted by molar-refractivity contribution is 1.74. The molecule has 0 spiro atoms. The van der Waals surface area contributed by atoms with Crippen LogP contribution in [0.5, 0.6) is 0 Å². The Morgan fingerprint density at radius 3 is 1.72 bits per heavy atom. The van der Waals surface area contributed by atoms with Gasteiger partial charge >= 0.3 is 0 Å².